The number of rotatable bonds is 6. The fourth-order valence-corrected chi connectivity index (χ4v) is 2.24. The average molecular weight is 356 g/mol. The molecular weight excluding hydrogens is 335 g/mol. The number of nitrogens with zero attached hydrogens (tertiary/aromatic N) is 2. The number of allylic oxidation sites excluding steroid dienone is 3. The molecule has 0 aliphatic carbocycles. The summed E-state index contributed by atoms with van der Waals surface area (Å²) in [4.78, 5) is 27.0. The van der Waals surface area contributed by atoms with Gasteiger partial charge in [-0.05, 0) is 24.1 Å². The van der Waals surface area contributed by atoms with Crippen LogP contribution in [0.25, 0.3) is 0 Å². The molecule has 0 unspecified atom stereocenters. The van der Waals surface area contributed by atoms with Crippen molar-refractivity contribution in [2.24, 2.45) is 0 Å². The normalized spacial score (nSPS) is 14.8. The molecule has 1 aromatic carbocycles. The first-order chi connectivity index (χ1) is 12.5. The summed E-state index contributed by atoms with van der Waals surface area (Å²) in [6, 6.07) is 9.30. The van der Waals surface area contributed by atoms with Gasteiger partial charge in [0.05, 0.1) is 6.54 Å². The van der Waals surface area contributed by atoms with E-state index in [1.165, 1.54) is 28.3 Å². The van der Waals surface area contributed by atoms with Crippen molar-refractivity contribution in [2.45, 2.75) is 13.5 Å². The molecule has 26 heavy (non-hydrogen) atoms. The lowest BCUT2D eigenvalue weighted by atomic mass is 10.2. The Hall–Kier alpha value is -3.15. The Morgan fingerprint density at radius 1 is 1.27 bits per heavy atom. The summed E-state index contributed by atoms with van der Waals surface area (Å²) in [7, 11) is 0. The predicted molar refractivity (Wildman–Crippen MR) is 97.3 cm³/mol. The summed E-state index contributed by atoms with van der Waals surface area (Å²) in [5.74, 6) is -0.812. The SMILES string of the molecule is C=C(F)/C=C\C(=C/C)CN1C=CN(C(=O)OCc2ccccc2)CC1=O. The molecule has 0 atom stereocenters. The number of hydrogen-bond donors (Lipinski definition) is 0. The maximum atomic E-state index is 12.7. The van der Waals surface area contributed by atoms with Crippen molar-refractivity contribution in [3.63, 3.8) is 0 Å². The van der Waals surface area contributed by atoms with Crippen molar-refractivity contribution >= 4 is 12.0 Å². The Bertz CT molecular complexity index is 754. The van der Waals surface area contributed by atoms with Gasteiger partial charge in [-0.1, -0.05) is 49.1 Å². The standard InChI is InChI=1S/C20H21FN2O3/c1-3-17(10-9-16(2)21)13-22-11-12-23(14-19(22)24)20(25)26-15-18-7-5-4-6-8-18/h3-12H,2,13-15H2,1H3/b10-9-,17-3+. The highest BCUT2D eigenvalue weighted by Gasteiger charge is 2.24. The molecule has 0 saturated heterocycles. The van der Waals surface area contributed by atoms with Crippen LogP contribution in [0.15, 0.2) is 78.9 Å². The molecule has 6 heteroatoms. The predicted octanol–water partition coefficient (Wildman–Crippen LogP) is 3.92. The van der Waals surface area contributed by atoms with E-state index in [-0.39, 0.29) is 25.6 Å². The van der Waals surface area contributed by atoms with Gasteiger partial charge in [-0.3, -0.25) is 9.69 Å². The van der Waals surface area contributed by atoms with E-state index < -0.39 is 11.9 Å². The Morgan fingerprint density at radius 3 is 2.62 bits per heavy atom. The highest BCUT2D eigenvalue weighted by Crippen LogP contribution is 2.12. The monoisotopic (exact) mass is 356 g/mol. The van der Waals surface area contributed by atoms with E-state index in [0.29, 0.717) is 0 Å². The first-order valence-electron chi connectivity index (χ1n) is 8.12. The molecule has 0 radical (unpaired) electrons. The third kappa shape index (κ3) is 5.73. The van der Waals surface area contributed by atoms with Crippen LogP contribution < -0.4 is 0 Å². The molecule has 136 valence electrons. The van der Waals surface area contributed by atoms with Gasteiger partial charge < -0.3 is 9.64 Å². The molecule has 2 amide bonds. The van der Waals surface area contributed by atoms with Crippen molar-refractivity contribution in [1.29, 1.82) is 0 Å². The summed E-state index contributed by atoms with van der Waals surface area (Å²) < 4.78 is 17.9. The van der Waals surface area contributed by atoms with Gasteiger partial charge >= 0.3 is 6.09 Å². The molecule has 2 rings (SSSR count). The Morgan fingerprint density at radius 2 is 2.00 bits per heavy atom. The van der Waals surface area contributed by atoms with Crippen molar-refractivity contribution in [2.75, 3.05) is 13.1 Å². The third-order valence-electron chi connectivity index (χ3n) is 3.69. The van der Waals surface area contributed by atoms with Crippen LogP contribution in [0.3, 0.4) is 0 Å². The zero-order valence-corrected chi connectivity index (χ0v) is 14.6. The molecular formula is C20H21FN2O3. The summed E-state index contributed by atoms with van der Waals surface area (Å²) in [5, 5.41) is 0. The van der Waals surface area contributed by atoms with Gasteiger partial charge in [-0.25, -0.2) is 9.18 Å². The topological polar surface area (TPSA) is 49.9 Å². The van der Waals surface area contributed by atoms with E-state index in [1.807, 2.05) is 30.3 Å². The minimum absolute atomic E-state index is 0.110. The van der Waals surface area contributed by atoms with Crippen LogP contribution in [0.2, 0.25) is 0 Å². The Kier molecular flexibility index (Phi) is 6.91. The highest BCUT2D eigenvalue weighted by molar-refractivity contribution is 5.85. The van der Waals surface area contributed by atoms with Crippen molar-refractivity contribution in [1.82, 2.24) is 9.80 Å². The maximum absolute atomic E-state index is 12.7. The highest BCUT2D eigenvalue weighted by atomic mass is 19.1. The smallest absolute Gasteiger partial charge is 0.414 e. The van der Waals surface area contributed by atoms with Crippen LogP contribution >= 0.6 is 0 Å². The molecule has 1 aliphatic rings. The van der Waals surface area contributed by atoms with Crippen molar-refractivity contribution < 1.29 is 18.7 Å². The largest absolute Gasteiger partial charge is 0.444 e. The van der Waals surface area contributed by atoms with E-state index in [2.05, 4.69) is 6.58 Å². The first kappa shape index (κ1) is 19.2. The molecule has 0 spiro atoms. The molecule has 0 aromatic heterocycles. The molecule has 0 saturated carbocycles. The van der Waals surface area contributed by atoms with Crippen LogP contribution in [0.5, 0.6) is 0 Å². The zero-order valence-electron chi connectivity index (χ0n) is 14.6. The van der Waals surface area contributed by atoms with Crippen LogP contribution in [0.1, 0.15) is 12.5 Å². The number of carbonyl (C=O) groups excluding carboxylic acids is 2. The second-order valence-electron chi connectivity index (χ2n) is 5.63. The van der Waals surface area contributed by atoms with Gasteiger partial charge in [0, 0.05) is 12.4 Å². The van der Waals surface area contributed by atoms with Crippen LogP contribution in [0, 0.1) is 0 Å². The van der Waals surface area contributed by atoms with Gasteiger partial charge in [0.1, 0.15) is 19.0 Å². The minimum Gasteiger partial charge on any atom is -0.444 e. The van der Waals surface area contributed by atoms with E-state index in [1.54, 1.807) is 19.1 Å². The van der Waals surface area contributed by atoms with E-state index in [0.717, 1.165) is 11.1 Å². The third-order valence-corrected chi connectivity index (χ3v) is 3.69. The van der Waals surface area contributed by atoms with Crippen molar-refractivity contribution in [3.8, 4) is 0 Å². The van der Waals surface area contributed by atoms with Crippen LogP contribution in [0.4, 0.5) is 9.18 Å². The summed E-state index contributed by atoms with van der Waals surface area (Å²) in [5.41, 5.74) is 1.62. The lowest BCUT2D eigenvalue weighted by Crippen LogP contribution is -2.43. The summed E-state index contributed by atoms with van der Waals surface area (Å²) >= 11 is 0. The van der Waals surface area contributed by atoms with E-state index in [9.17, 15) is 14.0 Å². The van der Waals surface area contributed by atoms with E-state index in [4.69, 9.17) is 4.74 Å². The molecule has 1 heterocycles. The van der Waals surface area contributed by atoms with Gasteiger partial charge in [0.2, 0.25) is 5.91 Å². The Labute approximate surface area is 152 Å². The summed E-state index contributed by atoms with van der Waals surface area (Å²) in [6.07, 6.45) is 7.00. The number of ether oxygens (including phenoxy) is 1. The fraction of sp³-hybridized carbons (Fsp3) is 0.200. The van der Waals surface area contributed by atoms with Gasteiger partial charge in [0.25, 0.3) is 0 Å². The van der Waals surface area contributed by atoms with Crippen LogP contribution in [-0.4, -0.2) is 34.9 Å². The van der Waals surface area contributed by atoms with Gasteiger partial charge in [0.15, 0.2) is 0 Å². The van der Waals surface area contributed by atoms with Crippen molar-refractivity contribution in [3.05, 3.63) is 84.5 Å². The number of hydrogen-bond acceptors (Lipinski definition) is 3. The maximum Gasteiger partial charge on any atom is 0.414 e. The Balaban J connectivity index is 1.92. The molecule has 0 bridgehead atoms. The van der Waals surface area contributed by atoms with Crippen LogP contribution in [-0.2, 0) is 16.1 Å². The molecule has 0 N–H and O–H groups in total. The summed E-state index contributed by atoms with van der Waals surface area (Å²) in [6.45, 7) is 5.27. The van der Waals surface area contributed by atoms with Gasteiger partial charge in [-0.2, -0.15) is 0 Å². The van der Waals surface area contributed by atoms with Gasteiger partial charge in [-0.15, -0.1) is 0 Å². The first-order valence-corrected chi connectivity index (χ1v) is 8.12. The molecule has 1 aliphatic heterocycles. The number of halogens is 1. The molecule has 0 fully saturated rings. The quantitative estimate of drug-likeness (QED) is 0.726. The molecule has 5 nitrogen and oxygen atoms in total. The lowest BCUT2D eigenvalue weighted by Gasteiger charge is -2.28. The average Bonchev–Trinajstić information content (AvgIpc) is 2.65. The molecule has 1 aromatic rings. The zero-order chi connectivity index (χ0) is 18.9. The second kappa shape index (κ2) is 9.36. The number of benzene rings is 1. The fourth-order valence-electron chi connectivity index (χ4n) is 2.24. The minimum atomic E-state index is -0.585. The lowest BCUT2D eigenvalue weighted by molar-refractivity contribution is -0.129. The van der Waals surface area contributed by atoms with E-state index >= 15 is 0 Å². The second-order valence-corrected chi connectivity index (χ2v) is 5.63. The number of amides is 2. The number of carbonyl (C=O) groups is 2.